The van der Waals surface area contributed by atoms with E-state index in [4.69, 9.17) is 20.9 Å². The van der Waals surface area contributed by atoms with E-state index in [1.807, 2.05) is 121 Å². The number of rotatable bonds is 12. The Bertz CT molecular complexity index is 1730. The van der Waals surface area contributed by atoms with Crippen LogP contribution in [0, 0.1) is 0 Å². The van der Waals surface area contributed by atoms with Gasteiger partial charge in [0.2, 0.25) is 0 Å². The van der Waals surface area contributed by atoms with Crippen LogP contribution in [0.4, 0.5) is 34.1 Å². The van der Waals surface area contributed by atoms with Crippen LogP contribution in [0.5, 0.6) is 23.0 Å². The van der Waals surface area contributed by atoms with Gasteiger partial charge in [0.1, 0.15) is 23.0 Å². The van der Waals surface area contributed by atoms with E-state index in [0.717, 1.165) is 57.1 Å². The van der Waals surface area contributed by atoms with Crippen LogP contribution in [0.25, 0.3) is 0 Å². The van der Waals surface area contributed by atoms with E-state index >= 15 is 0 Å². The van der Waals surface area contributed by atoms with Crippen molar-refractivity contribution >= 4 is 34.1 Å². The molecule has 0 bridgehead atoms. The number of nitrogens with two attached hydrogens (primary N) is 2. The standard InChI is InChI=1S/C39H38N6O2/c1-39(2,27-3-19-35(20-4-27)46-37-23-15-33(16-24-37)44-42-31-11-7-29(40)8-12-31)28-5-21-36(22-6-28)47-38-25-17-34(18-26-38)45-43-32-13-9-30(41)10-14-32/h3-26,42-45H,40-41H2,1-2H3. The van der Waals surface area contributed by atoms with Gasteiger partial charge in [0.05, 0.1) is 22.7 Å². The third-order valence-electron chi connectivity index (χ3n) is 7.86. The van der Waals surface area contributed by atoms with E-state index in [1.165, 1.54) is 11.1 Å². The first-order valence-electron chi connectivity index (χ1n) is 15.3. The van der Waals surface area contributed by atoms with E-state index in [0.29, 0.717) is 0 Å². The van der Waals surface area contributed by atoms with Gasteiger partial charge in [-0.3, -0.25) is 0 Å². The van der Waals surface area contributed by atoms with Crippen LogP contribution in [-0.2, 0) is 5.41 Å². The highest BCUT2D eigenvalue weighted by Crippen LogP contribution is 2.35. The summed E-state index contributed by atoms with van der Waals surface area (Å²) in [5.74, 6) is 3.06. The maximum atomic E-state index is 6.11. The Kier molecular flexibility index (Phi) is 9.02. The topological polar surface area (TPSA) is 119 Å². The molecule has 8 N–H and O–H groups in total. The fourth-order valence-corrected chi connectivity index (χ4v) is 4.95. The maximum Gasteiger partial charge on any atom is 0.127 e. The van der Waals surface area contributed by atoms with Gasteiger partial charge in [-0.05, 0) is 132 Å². The van der Waals surface area contributed by atoms with Crippen LogP contribution in [0.2, 0.25) is 0 Å². The molecule has 8 heteroatoms. The van der Waals surface area contributed by atoms with Crippen molar-refractivity contribution in [3.8, 4) is 23.0 Å². The Hall–Kier alpha value is -6.28. The van der Waals surface area contributed by atoms with Gasteiger partial charge in [-0.15, -0.1) is 0 Å². The quantitative estimate of drug-likeness (QED) is 0.0590. The highest BCUT2D eigenvalue weighted by molar-refractivity contribution is 5.58. The molecule has 0 atom stereocenters. The number of nitrogen functional groups attached to an aromatic ring is 2. The Balaban J connectivity index is 1.01. The summed E-state index contributed by atoms with van der Waals surface area (Å²) in [5, 5.41) is 0. The van der Waals surface area contributed by atoms with Crippen molar-refractivity contribution in [2.24, 2.45) is 0 Å². The third-order valence-corrected chi connectivity index (χ3v) is 7.86. The van der Waals surface area contributed by atoms with Gasteiger partial charge in [0.15, 0.2) is 0 Å². The van der Waals surface area contributed by atoms with Crippen LogP contribution < -0.4 is 42.6 Å². The Labute approximate surface area is 275 Å². The van der Waals surface area contributed by atoms with Crippen LogP contribution in [0.3, 0.4) is 0 Å². The molecular formula is C39H38N6O2. The summed E-state index contributed by atoms with van der Waals surface area (Å²) in [7, 11) is 0. The van der Waals surface area contributed by atoms with Crippen molar-refractivity contribution in [2.45, 2.75) is 19.3 Å². The minimum absolute atomic E-state index is 0.216. The lowest BCUT2D eigenvalue weighted by molar-refractivity contribution is 0.481. The number of nitrogens with one attached hydrogen (secondary N) is 4. The largest absolute Gasteiger partial charge is 0.457 e. The molecule has 0 saturated heterocycles. The Morgan fingerprint density at radius 2 is 0.596 bits per heavy atom. The molecule has 0 radical (unpaired) electrons. The molecule has 0 unspecified atom stereocenters. The molecule has 0 aliphatic rings. The Morgan fingerprint density at radius 1 is 0.362 bits per heavy atom. The van der Waals surface area contributed by atoms with Crippen molar-refractivity contribution < 1.29 is 9.47 Å². The summed E-state index contributed by atoms with van der Waals surface area (Å²) in [6.45, 7) is 4.43. The second-order valence-electron chi connectivity index (χ2n) is 11.7. The van der Waals surface area contributed by atoms with Gasteiger partial charge in [-0.2, -0.15) is 0 Å². The predicted octanol–water partition coefficient (Wildman–Crippen LogP) is 9.64. The van der Waals surface area contributed by atoms with E-state index in [9.17, 15) is 0 Å². The minimum atomic E-state index is -0.216. The molecule has 0 aliphatic carbocycles. The zero-order valence-corrected chi connectivity index (χ0v) is 26.3. The first kappa shape index (κ1) is 30.7. The van der Waals surface area contributed by atoms with Gasteiger partial charge >= 0.3 is 0 Å². The fraction of sp³-hybridized carbons (Fsp3) is 0.0769. The van der Waals surface area contributed by atoms with E-state index in [2.05, 4.69) is 59.8 Å². The van der Waals surface area contributed by atoms with Gasteiger partial charge in [0, 0.05) is 16.8 Å². The number of benzene rings is 6. The molecule has 6 rings (SSSR count). The molecule has 236 valence electrons. The highest BCUT2D eigenvalue weighted by Gasteiger charge is 2.23. The summed E-state index contributed by atoms with van der Waals surface area (Å²) in [4.78, 5) is 0. The van der Waals surface area contributed by atoms with Gasteiger partial charge in [-0.25, -0.2) is 0 Å². The van der Waals surface area contributed by atoms with Crippen molar-refractivity contribution in [1.82, 2.24) is 0 Å². The SMILES string of the molecule is CC(C)(c1ccc(Oc2ccc(NNc3ccc(N)cc3)cc2)cc1)c1ccc(Oc2ccc(NNc3ccc(N)cc3)cc2)cc1. The lowest BCUT2D eigenvalue weighted by Crippen LogP contribution is -2.18. The molecular weight excluding hydrogens is 584 g/mol. The second-order valence-corrected chi connectivity index (χ2v) is 11.7. The van der Waals surface area contributed by atoms with E-state index in [1.54, 1.807) is 0 Å². The normalized spacial score (nSPS) is 10.9. The number of hydrogen-bond acceptors (Lipinski definition) is 8. The van der Waals surface area contributed by atoms with Gasteiger partial charge in [-0.1, -0.05) is 38.1 Å². The van der Waals surface area contributed by atoms with Crippen LogP contribution in [0.15, 0.2) is 146 Å². The summed E-state index contributed by atoms with van der Waals surface area (Å²) in [5.41, 5.74) is 31.4. The monoisotopic (exact) mass is 622 g/mol. The second kappa shape index (κ2) is 13.8. The Morgan fingerprint density at radius 3 is 0.872 bits per heavy atom. The third kappa shape index (κ3) is 8.06. The molecule has 0 aliphatic heterocycles. The lowest BCUT2D eigenvalue weighted by atomic mass is 9.78. The number of hydrogen-bond donors (Lipinski definition) is 6. The van der Waals surface area contributed by atoms with E-state index in [-0.39, 0.29) is 5.41 Å². The highest BCUT2D eigenvalue weighted by atomic mass is 16.5. The predicted molar refractivity (Wildman–Crippen MR) is 194 cm³/mol. The summed E-state index contributed by atoms with van der Waals surface area (Å²) >= 11 is 0. The van der Waals surface area contributed by atoms with Crippen molar-refractivity contribution in [1.29, 1.82) is 0 Å². The molecule has 8 nitrogen and oxygen atoms in total. The van der Waals surface area contributed by atoms with Crippen molar-refractivity contribution in [3.05, 3.63) is 157 Å². The maximum absolute atomic E-state index is 6.11. The zero-order chi connectivity index (χ0) is 32.6. The number of ether oxygens (including phenoxy) is 2. The minimum Gasteiger partial charge on any atom is -0.457 e. The first-order valence-corrected chi connectivity index (χ1v) is 15.3. The first-order chi connectivity index (χ1) is 22.8. The van der Waals surface area contributed by atoms with Crippen molar-refractivity contribution in [3.63, 3.8) is 0 Å². The average molecular weight is 623 g/mol. The molecule has 0 aromatic heterocycles. The lowest BCUT2D eigenvalue weighted by Gasteiger charge is -2.26. The zero-order valence-electron chi connectivity index (χ0n) is 26.3. The summed E-state index contributed by atoms with van der Waals surface area (Å²) in [6.07, 6.45) is 0. The fourth-order valence-electron chi connectivity index (χ4n) is 4.95. The molecule has 0 heterocycles. The molecule has 0 saturated carbocycles. The van der Waals surface area contributed by atoms with Gasteiger partial charge < -0.3 is 42.6 Å². The number of anilines is 6. The van der Waals surface area contributed by atoms with Crippen LogP contribution >= 0.6 is 0 Å². The smallest absolute Gasteiger partial charge is 0.127 e. The van der Waals surface area contributed by atoms with Crippen LogP contribution in [-0.4, -0.2) is 0 Å². The molecule has 0 spiro atoms. The van der Waals surface area contributed by atoms with Gasteiger partial charge in [0.25, 0.3) is 0 Å². The molecule has 6 aromatic rings. The molecule has 0 fully saturated rings. The average Bonchev–Trinajstić information content (AvgIpc) is 3.09. The molecule has 6 aromatic carbocycles. The summed E-state index contributed by atoms with van der Waals surface area (Å²) in [6, 6.07) is 47.1. The molecule has 47 heavy (non-hydrogen) atoms. The van der Waals surface area contributed by atoms with Crippen LogP contribution in [0.1, 0.15) is 25.0 Å². The van der Waals surface area contributed by atoms with Crippen molar-refractivity contribution in [2.75, 3.05) is 33.2 Å². The molecule has 0 amide bonds. The number of hydrazine groups is 2. The van der Waals surface area contributed by atoms with E-state index < -0.39 is 0 Å². The summed E-state index contributed by atoms with van der Waals surface area (Å²) < 4.78 is 12.2.